The van der Waals surface area contributed by atoms with E-state index in [-0.39, 0.29) is 6.10 Å². The highest BCUT2D eigenvalue weighted by Gasteiger charge is 2.13. The Bertz CT molecular complexity index is 380. The first-order chi connectivity index (χ1) is 8.58. The molecule has 0 fully saturated rings. The number of nitrogens with one attached hydrogen (secondary N) is 1. The molecular formula is C14H22BrNO2. The number of hydrogen-bond donors (Lipinski definition) is 1. The van der Waals surface area contributed by atoms with Crippen LogP contribution in [0.25, 0.3) is 0 Å². The summed E-state index contributed by atoms with van der Waals surface area (Å²) in [5.41, 5.74) is 1.11. The minimum absolute atomic E-state index is 0.130. The van der Waals surface area contributed by atoms with Crippen LogP contribution in [0.5, 0.6) is 11.5 Å². The standard InChI is InChI=1S/C14H22BrNO2/c1-5-6-16-9-11-7-12(15)8-13(17-4)14(11)18-10(2)3/h7-8,10,16H,5-6,9H2,1-4H3. The number of halogens is 1. The fourth-order valence-corrected chi connectivity index (χ4v) is 2.16. The van der Waals surface area contributed by atoms with Gasteiger partial charge in [-0.25, -0.2) is 0 Å². The van der Waals surface area contributed by atoms with Crippen LogP contribution >= 0.6 is 15.9 Å². The molecule has 0 aliphatic carbocycles. The quantitative estimate of drug-likeness (QED) is 0.777. The molecule has 0 saturated carbocycles. The van der Waals surface area contributed by atoms with E-state index in [1.807, 2.05) is 19.9 Å². The molecule has 1 aromatic carbocycles. The predicted octanol–water partition coefficient (Wildman–Crippen LogP) is 3.74. The summed E-state index contributed by atoms with van der Waals surface area (Å²) in [4.78, 5) is 0. The summed E-state index contributed by atoms with van der Waals surface area (Å²) in [6.45, 7) is 7.97. The van der Waals surface area contributed by atoms with Crippen molar-refractivity contribution in [2.75, 3.05) is 13.7 Å². The molecule has 0 saturated heterocycles. The van der Waals surface area contributed by atoms with Gasteiger partial charge in [0.25, 0.3) is 0 Å². The maximum atomic E-state index is 5.87. The zero-order valence-corrected chi connectivity index (χ0v) is 13.1. The highest BCUT2D eigenvalue weighted by molar-refractivity contribution is 9.10. The molecule has 0 aromatic heterocycles. The Kier molecular flexibility index (Phi) is 6.50. The monoisotopic (exact) mass is 315 g/mol. The van der Waals surface area contributed by atoms with Gasteiger partial charge in [0, 0.05) is 16.6 Å². The van der Waals surface area contributed by atoms with Crippen LogP contribution in [0.3, 0.4) is 0 Å². The lowest BCUT2D eigenvalue weighted by Gasteiger charge is -2.18. The second-order valence-corrected chi connectivity index (χ2v) is 5.36. The summed E-state index contributed by atoms with van der Waals surface area (Å²) in [5, 5.41) is 3.39. The Labute approximate surface area is 118 Å². The Morgan fingerprint density at radius 1 is 1.33 bits per heavy atom. The van der Waals surface area contributed by atoms with Gasteiger partial charge in [0.1, 0.15) is 0 Å². The molecule has 0 atom stereocenters. The van der Waals surface area contributed by atoms with Crippen LogP contribution < -0.4 is 14.8 Å². The maximum absolute atomic E-state index is 5.87. The third kappa shape index (κ3) is 4.50. The molecule has 18 heavy (non-hydrogen) atoms. The van der Waals surface area contributed by atoms with Crippen molar-refractivity contribution in [3.8, 4) is 11.5 Å². The molecule has 0 spiro atoms. The zero-order chi connectivity index (χ0) is 13.5. The molecule has 3 nitrogen and oxygen atoms in total. The van der Waals surface area contributed by atoms with Crippen LogP contribution in [0, 0.1) is 0 Å². The first kappa shape index (κ1) is 15.3. The van der Waals surface area contributed by atoms with Crippen LogP contribution in [0.4, 0.5) is 0 Å². The number of rotatable bonds is 7. The Morgan fingerprint density at radius 2 is 2.06 bits per heavy atom. The van der Waals surface area contributed by atoms with E-state index < -0.39 is 0 Å². The lowest BCUT2D eigenvalue weighted by molar-refractivity contribution is 0.227. The minimum Gasteiger partial charge on any atom is -0.493 e. The van der Waals surface area contributed by atoms with Gasteiger partial charge in [-0.2, -0.15) is 0 Å². The van der Waals surface area contributed by atoms with Crippen LogP contribution in [-0.2, 0) is 6.54 Å². The zero-order valence-electron chi connectivity index (χ0n) is 11.5. The molecule has 0 radical (unpaired) electrons. The van der Waals surface area contributed by atoms with Crippen LogP contribution in [0.1, 0.15) is 32.8 Å². The first-order valence-corrected chi connectivity index (χ1v) is 7.11. The topological polar surface area (TPSA) is 30.5 Å². The molecule has 0 bridgehead atoms. The Hall–Kier alpha value is -0.740. The van der Waals surface area contributed by atoms with Crippen molar-refractivity contribution in [1.82, 2.24) is 5.32 Å². The normalized spacial score (nSPS) is 10.8. The summed E-state index contributed by atoms with van der Waals surface area (Å²) < 4.78 is 12.3. The Balaban J connectivity index is 2.99. The summed E-state index contributed by atoms with van der Waals surface area (Å²) >= 11 is 3.50. The predicted molar refractivity (Wildman–Crippen MR) is 78.5 cm³/mol. The summed E-state index contributed by atoms with van der Waals surface area (Å²) in [7, 11) is 1.66. The van der Waals surface area contributed by atoms with E-state index in [1.54, 1.807) is 7.11 Å². The van der Waals surface area contributed by atoms with E-state index in [4.69, 9.17) is 9.47 Å². The maximum Gasteiger partial charge on any atom is 0.166 e. The molecule has 4 heteroatoms. The van der Waals surface area contributed by atoms with E-state index in [0.717, 1.165) is 41.0 Å². The lowest BCUT2D eigenvalue weighted by atomic mass is 10.1. The first-order valence-electron chi connectivity index (χ1n) is 6.32. The van der Waals surface area contributed by atoms with Gasteiger partial charge in [-0.15, -0.1) is 0 Å². The number of methoxy groups -OCH3 is 1. The van der Waals surface area contributed by atoms with Gasteiger partial charge in [0.2, 0.25) is 0 Å². The number of hydrogen-bond acceptors (Lipinski definition) is 3. The second-order valence-electron chi connectivity index (χ2n) is 4.44. The average Bonchev–Trinajstić information content (AvgIpc) is 2.31. The molecule has 0 unspecified atom stereocenters. The van der Waals surface area contributed by atoms with Gasteiger partial charge < -0.3 is 14.8 Å². The van der Waals surface area contributed by atoms with Gasteiger partial charge in [-0.05, 0) is 38.9 Å². The molecule has 1 rings (SSSR count). The number of benzene rings is 1. The highest BCUT2D eigenvalue weighted by Crippen LogP contribution is 2.35. The molecule has 0 amide bonds. The van der Waals surface area contributed by atoms with Crippen LogP contribution in [0.15, 0.2) is 16.6 Å². The molecule has 0 heterocycles. The van der Waals surface area contributed by atoms with Crippen molar-refractivity contribution in [1.29, 1.82) is 0 Å². The Morgan fingerprint density at radius 3 is 2.61 bits per heavy atom. The van der Waals surface area contributed by atoms with Crippen molar-refractivity contribution in [2.24, 2.45) is 0 Å². The second kappa shape index (κ2) is 7.64. The van der Waals surface area contributed by atoms with Gasteiger partial charge in [0.15, 0.2) is 11.5 Å². The van der Waals surface area contributed by atoms with Crippen molar-refractivity contribution in [3.05, 3.63) is 22.2 Å². The molecule has 0 aliphatic heterocycles. The minimum atomic E-state index is 0.130. The van der Waals surface area contributed by atoms with E-state index in [0.29, 0.717) is 0 Å². The molecule has 102 valence electrons. The molecule has 1 aromatic rings. The van der Waals surface area contributed by atoms with Crippen LogP contribution in [-0.4, -0.2) is 19.8 Å². The summed E-state index contributed by atoms with van der Waals surface area (Å²) in [5.74, 6) is 1.60. The van der Waals surface area contributed by atoms with E-state index in [2.05, 4.69) is 34.2 Å². The third-order valence-electron chi connectivity index (χ3n) is 2.41. The van der Waals surface area contributed by atoms with Crippen molar-refractivity contribution in [2.45, 2.75) is 39.8 Å². The SMILES string of the molecule is CCCNCc1cc(Br)cc(OC)c1OC(C)C. The van der Waals surface area contributed by atoms with Crippen molar-refractivity contribution >= 4 is 15.9 Å². The lowest BCUT2D eigenvalue weighted by Crippen LogP contribution is -2.16. The highest BCUT2D eigenvalue weighted by atomic mass is 79.9. The molecule has 0 aliphatic rings. The van der Waals surface area contributed by atoms with Gasteiger partial charge in [-0.3, -0.25) is 0 Å². The summed E-state index contributed by atoms with van der Waals surface area (Å²) in [6.07, 6.45) is 1.25. The van der Waals surface area contributed by atoms with E-state index in [9.17, 15) is 0 Å². The van der Waals surface area contributed by atoms with Gasteiger partial charge in [0.05, 0.1) is 13.2 Å². The smallest absolute Gasteiger partial charge is 0.166 e. The van der Waals surface area contributed by atoms with Crippen molar-refractivity contribution in [3.63, 3.8) is 0 Å². The fourth-order valence-electron chi connectivity index (χ4n) is 1.67. The average molecular weight is 316 g/mol. The van der Waals surface area contributed by atoms with Gasteiger partial charge >= 0.3 is 0 Å². The fraction of sp³-hybridized carbons (Fsp3) is 0.571. The van der Waals surface area contributed by atoms with Crippen LogP contribution in [0.2, 0.25) is 0 Å². The number of ether oxygens (including phenoxy) is 2. The van der Waals surface area contributed by atoms with E-state index in [1.165, 1.54) is 0 Å². The van der Waals surface area contributed by atoms with E-state index >= 15 is 0 Å². The summed E-state index contributed by atoms with van der Waals surface area (Å²) in [6, 6.07) is 4.00. The van der Waals surface area contributed by atoms with Gasteiger partial charge in [-0.1, -0.05) is 22.9 Å². The van der Waals surface area contributed by atoms with Crippen molar-refractivity contribution < 1.29 is 9.47 Å². The largest absolute Gasteiger partial charge is 0.493 e. The molecular weight excluding hydrogens is 294 g/mol. The molecule has 1 N–H and O–H groups in total. The third-order valence-corrected chi connectivity index (χ3v) is 2.87.